The number of carbonyl (C=O) groups is 2. The molecule has 0 saturated heterocycles. The molecular weight excluding hydrogens is 256 g/mol. The van der Waals surface area contributed by atoms with Crippen molar-refractivity contribution in [2.75, 3.05) is 37.9 Å². The Hall–Kier alpha value is -1.83. The lowest BCUT2D eigenvalue weighted by Crippen LogP contribution is -2.35. The molecule has 0 aromatic carbocycles. The summed E-state index contributed by atoms with van der Waals surface area (Å²) in [7, 11) is 2.96. The number of carbonyl (C=O) groups excluding carboxylic acids is 2. The zero-order valence-corrected chi connectivity index (χ0v) is 11.3. The van der Waals surface area contributed by atoms with Gasteiger partial charge in [0.2, 0.25) is 5.91 Å². The number of nitrogens with two attached hydrogens (primary N) is 1. The van der Waals surface area contributed by atoms with E-state index in [0.717, 1.165) is 11.5 Å². The van der Waals surface area contributed by atoms with Gasteiger partial charge < -0.3 is 20.7 Å². The number of hydrogen-bond acceptors (Lipinski definition) is 7. The van der Waals surface area contributed by atoms with E-state index < -0.39 is 5.97 Å². The van der Waals surface area contributed by atoms with Gasteiger partial charge in [0, 0.05) is 13.6 Å². The molecule has 0 spiro atoms. The van der Waals surface area contributed by atoms with E-state index >= 15 is 0 Å². The van der Waals surface area contributed by atoms with Gasteiger partial charge in [0.25, 0.3) is 0 Å². The van der Waals surface area contributed by atoms with Crippen molar-refractivity contribution < 1.29 is 14.3 Å². The van der Waals surface area contributed by atoms with Gasteiger partial charge in [-0.1, -0.05) is 0 Å². The summed E-state index contributed by atoms with van der Waals surface area (Å²) in [6, 6.07) is 0. The van der Waals surface area contributed by atoms with Crippen molar-refractivity contribution in [1.82, 2.24) is 9.69 Å². The number of esters is 1. The molecule has 0 saturated carbocycles. The topological polar surface area (TPSA) is 97.5 Å². The Morgan fingerprint density at radius 2 is 2.22 bits per heavy atom. The molecule has 0 atom stereocenters. The van der Waals surface area contributed by atoms with Gasteiger partial charge in [-0.05, 0) is 18.5 Å². The number of rotatable bonds is 5. The summed E-state index contributed by atoms with van der Waals surface area (Å²) in [5.74, 6) is -0.577. The summed E-state index contributed by atoms with van der Waals surface area (Å²) in [6.07, 6.45) is 0. The molecule has 0 fully saturated rings. The second kappa shape index (κ2) is 6.20. The average molecular weight is 272 g/mol. The molecule has 0 aliphatic heterocycles. The average Bonchev–Trinajstić information content (AvgIpc) is 2.70. The van der Waals surface area contributed by atoms with E-state index in [-0.39, 0.29) is 23.8 Å². The van der Waals surface area contributed by atoms with Crippen LogP contribution in [0.15, 0.2) is 0 Å². The normalized spacial score (nSPS) is 9.94. The fraction of sp³-hybridized carbons (Fsp3) is 0.500. The summed E-state index contributed by atoms with van der Waals surface area (Å²) in [4.78, 5) is 24.7. The second-order valence-corrected chi connectivity index (χ2v) is 4.30. The van der Waals surface area contributed by atoms with Crippen LogP contribution in [0.5, 0.6) is 0 Å². The molecule has 1 amide bonds. The number of ether oxygens (including phenoxy) is 1. The van der Waals surface area contributed by atoms with E-state index in [2.05, 4.69) is 14.4 Å². The standard InChI is InChI=1S/C10H16N4O3S/c1-4-12-6(15)5-14(2)9-7(10(16)17-3)8(11)13-18-9/h4-5H2,1-3H3,(H2,11,13)(H,12,15). The monoisotopic (exact) mass is 272 g/mol. The maximum Gasteiger partial charge on any atom is 0.344 e. The molecule has 0 aliphatic carbocycles. The molecule has 18 heavy (non-hydrogen) atoms. The molecule has 0 unspecified atom stereocenters. The quantitative estimate of drug-likeness (QED) is 0.737. The smallest absolute Gasteiger partial charge is 0.344 e. The first kappa shape index (κ1) is 14.2. The summed E-state index contributed by atoms with van der Waals surface area (Å²) in [6.45, 7) is 2.52. The molecule has 1 heterocycles. The van der Waals surface area contributed by atoms with Crippen molar-refractivity contribution in [3.63, 3.8) is 0 Å². The number of aromatic nitrogens is 1. The van der Waals surface area contributed by atoms with Crippen molar-refractivity contribution in [3.05, 3.63) is 5.56 Å². The van der Waals surface area contributed by atoms with Crippen LogP contribution in [0.3, 0.4) is 0 Å². The SMILES string of the molecule is CCNC(=O)CN(C)c1snc(N)c1C(=O)OC. The molecule has 0 radical (unpaired) electrons. The van der Waals surface area contributed by atoms with Crippen LogP contribution in [0.2, 0.25) is 0 Å². The number of nitrogens with zero attached hydrogens (tertiary/aromatic N) is 2. The first-order chi connectivity index (χ1) is 8.51. The molecule has 0 bridgehead atoms. The zero-order chi connectivity index (χ0) is 13.7. The highest BCUT2D eigenvalue weighted by Crippen LogP contribution is 2.30. The molecule has 8 heteroatoms. The van der Waals surface area contributed by atoms with Gasteiger partial charge >= 0.3 is 5.97 Å². The maximum atomic E-state index is 11.6. The van der Waals surface area contributed by atoms with E-state index in [0.29, 0.717) is 11.5 Å². The lowest BCUT2D eigenvalue weighted by molar-refractivity contribution is -0.119. The minimum absolute atomic E-state index is 0.115. The second-order valence-electron chi connectivity index (χ2n) is 3.55. The highest BCUT2D eigenvalue weighted by molar-refractivity contribution is 7.11. The van der Waals surface area contributed by atoms with E-state index in [1.165, 1.54) is 7.11 Å². The van der Waals surface area contributed by atoms with E-state index in [4.69, 9.17) is 5.73 Å². The van der Waals surface area contributed by atoms with Gasteiger partial charge in [0.1, 0.15) is 10.6 Å². The predicted octanol–water partition coefficient (Wildman–Crippen LogP) is 0.0842. The maximum absolute atomic E-state index is 11.6. The zero-order valence-electron chi connectivity index (χ0n) is 10.5. The van der Waals surface area contributed by atoms with Crippen molar-refractivity contribution in [1.29, 1.82) is 0 Å². The summed E-state index contributed by atoms with van der Waals surface area (Å²) in [5.41, 5.74) is 5.82. The molecule has 1 rings (SSSR count). The van der Waals surface area contributed by atoms with Gasteiger partial charge in [-0.25, -0.2) is 4.79 Å². The summed E-state index contributed by atoms with van der Waals surface area (Å²) in [5, 5.41) is 3.19. The van der Waals surface area contributed by atoms with E-state index in [1.807, 2.05) is 6.92 Å². The third-order valence-electron chi connectivity index (χ3n) is 2.19. The highest BCUT2D eigenvalue weighted by atomic mass is 32.1. The lowest BCUT2D eigenvalue weighted by Gasteiger charge is -2.17. The highest BCUT2D eigenvalue weighted by Gasteiger charge is 2.23. The van der Waals surface area contributed by atoms with Crippen molar-refractivity contribution >= 4 is 34.2 Å². The van der Waals surface area contributed by atoms with Crippen LogP contribution in [0, 0.1) is 0 Å². The molecule has 3 N–H and O–H groups in total. The van der Waals surface area contributed by atoms with Crippen LogP contribution in [-0.4, -0.2) is 43.5 Å². The first-order valence-corrected chi connectivity index (χ1v) is 6.09. The van der Waals surface area contributed by atoms with Crippen molar-refractivity contribution in [2.45, 2.75) is 6.92 Å². The Morgan fingerprint density at radius 1 is 1.56 bits per heavy atom. The van der Waals surface area contributed by atoms with Crippen LogP contribution in [0.1, 0.15) is 17.3 Å². The van der Waals surface area contributed by atoms with Gasteiger partial charge in [0.05, 0.1) is 13.7 Å². The Kier molecular flexibility index (Phi) is 4.90. The summed E-state index contributed by atoms with van der Waals surface area (Å²) >= 11 is 1.06. The molecule has 1 aromatic heterocycles. The van der Waals surface area contributed by atoms with Gasteiger partial charge in [0.15, 0.2) is 5.82 Å². The van der Waals surface area contributed by atoms with E-state index in [9.17, 15) is 9.59 Å². The van der Waals surface area contributed by atoms with E-state index in [1.54, 1.807) is 11.9 Å². The number of anilines is 2. The molecular formula is C10H16N4O3S. The van der Waals surface area contributed by atoms with Crippen molar-refractivity contribution in [3.8, 4) is 0 Å². The Labute approximate surface area is 109 Å². The predicted molar refractivity (Wildman–Crippen MR) is 69.8 cm³/mol. The Morgan fingerprint density at radius 3 is 2.78 bits per heavy atom. The largest absolute Gasteiger partial charge is 0.465 e. The molecule has 100 valence electrons. The Balaban J connectivity index is 2.89. The summed E-state index contributed by atoms with van der Waals surface area (Å²) < 4.78 is 8.54. The lowest BCUT2D eigenvalue weighted by atomic mass is 10.3. The number of nitrogen functional groups attached to an aromatic ring is 1. The Bertz CT molecular complexity index is 446. The minimum Gasteiger partial charge on any atom is -0.465 e. The fourth-order valence-electron chi connectivity index (χ4n) is 1.39. The van der Waals surface area contributed by atoms with Gasteiger partial charge in [-0.15, -0.1) is 0 Å². The number of methoxy groups -OCH3 is 1. The number of hydrogen-bond donors (Lipinski definition) is 2. The molecule has 1 aromatic rings. The number of likely N-dealkylation sites (N-methyl/N-ethyl adjacent to an activating group) is 2. The number of amides is 1. The van der Waals surface area contributed by atoms with Crippen LogP contribution in [0.25, 0.3) is 0 Å². The minimum atomic E-state index is -0.556. The fourth-order valence-corrected chi connectivity index (χ4v) is 2.15. The van der Waals surface area contributed by atoms with Crippen molar-refractivity contribution in [2.24, 2.45) is 0 Å². The van der Waals surface area contributed by atoms with Crippen LogP contribution < -0.4 is 16.0 Å². The van der Waals surface area contributed by atoms with Gasteiger partial charge in [-0.2, -0.15) is 4.37 Å². The van der Waals surface area contributed by atoms with Crippen LogP contribution in [0.4, 0.5) is 10.8 Å². The van der Waals surface area contributed by atoms with Crippen LogP contribution >= 0.6 is 11.5 Å². The number of nitrogens with one attached hydrogen (secondary N) is 1. The third kappa shape index (κ3) is 3.10. The molecule has 0 aliphatic rings. The van der Waals surface area contributed by atoms with Crippen LogP contribution in [-0.2, 0) is 9.53 Å². The molecule has 7 nitrogen and oxygen atoms in total. The first-order valence-electron chi connectivity index (χ1n) is 5.32. The third-order valence-corrected chi connectivity index (χ3v) is 3.17. The van der Waals surface area contributed by atoms with Gasteiger partial charge in [-0.3, -0.25) is 4.79 Å².